The van der Waals surface area contributed by atoms with Gasteiger partial charge in [-0.1, -0.05) is 6.42 Å². The van der Waals surface area contributed by atoms with E-state index in [-0.39, 0.29) is 12.0 Å². The number of alkyl halides is 3. The summed E-state index contributed by atoms with van der Waals surface area (Å²) < 4.78 is 38.0. The van der Waals surface area contributed by atoms with Crippen LogP contribution < -0.4 is 5.32 Å². The summed E-state index contributed by atoms with van der Waals surface area (Å²) in [6.45, 7) is 3.70. The van der Waals surface area contributed by atoms with Gasteiger partial charge >= 0.3 is 6.18 Å². The van der Waals surface area contributed by atoms with Gasteiger partial charge in [0.2, 0.25) is 5.91 Å². The molecule has 1 heterocycles. The van der Waals surface area contributed by atoms with E-state index in [1.165, 1.54) is 31.4 Å². The van der Waals surface area contributed by atoms with Gasteiger partial charge in [0.15, 0.2) is 0 Å². The Morgan fingerprint density at radius 3 is 2.03 bits per heavy atom. The first kappa shape index (κ1) is 20.5. The highest BCUT2D eigenvalue weighted by molar-refractivity contribution is 5.79. The number of nitrogens with zero attached hydrogens (tertiary/aromatic N) is 2. The Kier molecular flexibility index (Phi) is 6.04. The molecule has 1 aromatic carbocycles. The molecule has 0 spiro atoms. The van der Waals surface area contributed by atoms with Gasteiger partial charge in [0.1, 0.15) is 0 Å². The third-order valence-corrected chi connectivity index (χ3v) is 6.88. The van der Waals surface area contributed by atoms with Crippen molar-refractivity contribution in [2.75, 3.05) is 31.5 Å². The smallest absolute Gasteiger partial charge is 0.382 e. The van der Waals surface area contributed by atoms with Gasteiger partial charge in [0.05, 0.1) is 5.56 Å². The van der Waals surface area contributed by atoms with Crippen molar-refractivity contribution in [1.29, 1.82) is 0 Å². The molecule has 0 atom stereocenters. The number of carbonyl (C=O) groups excluding carboxylic acids is 1. The van der Waals surface area contributed by atoms with Crippen molar-refractivity contribution in [2.24, 2.45) is 5.92 Å². The summed E-state index contributed by atoms with van der Waals surface area (Å²) in [5, 5.41) is 3.33. The second-order valence-electron chi connectivity index (χ2n) is 8.71. The van der Waals surface area contributed by atoms with Crippen LogP contribution >= 0.6 is 0 Å². The van der Waals surface area contributed by atoms with Crippen LogP contribution in [-0.4, -0.2) is 54.0 Å². The van der Waals surface area contributed by atoms with Crippen molar-refractivity contribution in [3.05, 3.63) is 29.8 Å². The number of anilines is 1. The van der Waals surface area contributed by atoms with Crippen molar-refractivity contribution in [2.45, 2.75) is 63.2 Å². The van der Waals surface area contributed by atoms with E-state index >= 15 is 0 Å². The van der Waals surface area contributed by atoms with Gasteiger partial charge in [-0.2, -0.15) is 13.2 Å². The van der Waals surface area contributed by atoms with Crippen molar-refractivity contribution in [1.82, 2.24) is 9.80 Å². The lowest BCUT2D eigenvalue weighted by atomic mass is 9.84. The molecule has 3 aliphatic rings. The lowest BCUT2D eigenvalue weighted by Gasteiger charge is -2.44. The van der Waals surface area contributed by atoms with E-state index in [1.54, 1.807) is 0 Å². The summed E-state index contributed by atoms with van der Waals surface area (Å²) in [6.07, 6.45) is 3.10. The van der Waals surface area contributed by atoms with E-state index in [4.69, 9.17) is 0 Å². The molecule has 7 heteroatoms. The van der Waals surface area contributed by atoms with Crippen LogP contribution in [0.15, 0.2) is 24.3 Å². The van der Waals surface area contributed by atoms with Gasteiger partial charge in [-0.05, 0) is 62.8 Å². The zero-order valence-corrected chi connectivity index (χ0v) is 16.8. The van der Waals surface area contributed by atoms with E-state index in [2.05, 4.69) is 10.2 Å². The normalized spacial score (nSPS) is 26.8. The molecule has 0 bridgehead atoms. The molecule has 160 valence electrons. The molecule has 1 aromatic rings. The molecular formula is C22H30F3N3O. The fourth-order valence-electron chi connectivity index (χ4n) is 4.79. The van der Waals surface area contributed by atoms with Gasteiger partial charge in [0.25, 0.3) is 0 Å². The highest BCUT2D eigenvalue weighted by atomic mass is 19.4. The summed E-state index contributed by atoms with van der Waals surface area (Å²) in [5.41, 5.74) is 0.0784. The first-order valence-electron chi connectivity index (χ1n) is 10.9. The van der Waals surface area contributed by atoms with Crippen molar-refractivity contribution >= 4 is 11.6 Å². The Balaban J connectivity index is 1.21. The first-order valence-corrected chi connectivity index (χ1v) is 10.9. The molecule has 2 aliphatic carbocycles. The maximum Gasteiger partial charge on any atom is 0.416 e. The van der Waals surface area contributed by atoms with Crippen LogP contribution in [0.5, 0.6) is 0 Å². The lowest BCUT2D eigenvalue weighted by molar-refractivity contribution is -0.139. The largest absolute Gasteiger partial charge is 0.416 e. The Bertz CT molecular complexity index is 686. The van der Waals surface area contributed by atoms with Gasteiger partial charge < -0.3 is 10.2 Å². The van der Waals surface area contributed by atoms with E-state index in [0.717, 1.165) is 70.0 Å². The molecule has 0 unspecified atom stereocenters. The number of piperazine rings is 1. The molecule has 4 rings (SSSR count). The molecule has 0 aromatic heterocycles. The van der Waals surface area contributed by atoms with Crippen molar-refractivity contribution in [3.63, 3.8) is 0 Å². The number of nitrogens with one attached hydrogen (secondary N) is 1. The third-order valence-electron chi connectivity index (χ3n) is 6.88. The monoisotopic (exact) mass is 409 g/mol. The van der Waals surface area contributed by atoms with Gasteiger partial charge in [-0.3, -0.25) is 9.69 Å². The number of benzene rings is 1. The number of hydrogen-bond donors (Lipinski definition) is 1. The van der Waals surface area contributed by atoms with Crippen LogP contribution in [0.3, 0.4) is 0 Å². The molecule has 29 heavy (non-hydrogen) atoms. The molecule has 1 saturated heterocycles. The summed E-state index contributed by atoms with van der Waals surface area (Å²) >= 11 is 0. The first-order chi connectivity index (χ1) is 13.9. The molecular weight excluding hydrogens is 379 g/mol. The van der Waals surface area contributed by atoms with E-state index < -0.39 is 11.7 Å². The number of halogens is 3. The molecule has 1 N–H and O–H groups in total. The van der Waals surface area contributed by atoms with Crippen LogP contribution in [0.25, 0.3) is 0 Å². The number of hydrogen-bond acceptors (Lipinski definition) is 3. The lowest BCUT2D eigenvalue weighted by Crippen LogP contribution is -2.54. The van der Waals surface area contributed by atoms with E-state index in [9.17, 15) is 18.0 Å². The average Bonchev–Trinajstić information content (AvgIpc) is 2.67. The van der Waals surface area contributed by atoms with Gasteiger partial charge in [0, 0.05) is 49.9 Å². The van der Waals surface area contributed by atoms with Crippen molar-refractivity contribution < 1.29 is 18.0 Å². The van der Waals surface area contributed by atoms with Crippen LogP contribution in [0, 0.1) is 5.92 Å². The Morgan fingerprint density at radius 2 is 1.52 bits per heavy atom. The molecule has 1 amide bonds. The minimum Gasteiger partial charge on any atom is -0.382 e. The average molecular weight is 409 g/mol. The van der Waals surface area contributed by atoms with Crippen LogP contribution in [0.1, 0.15) is 50.5 Å². The minimum atomic E-state index is -4.31. The number of carbonyl (C=O) groups is 1. The van der Waals surface area contributed by atoms with Crippen LogP contribution in [0.4, 0.5) is 18.9 Å². The van der Waals surface area contributed by atoms with Gasteiger partial charge in [-0.25, -0.2) is 0 Å². The van der Waals surface area contributed by atoms with Crippen LogP contribution in [-0.2, 0) is 11.0 Å². The van der Waals surface area contributed by atoms with Gasteiger partial charge in [-0.15, -0.1) is 0 Å². The topological polar surface area (TPSA) is 35.6 Å². The Hall–Kier alpha value is -1.76. The zero-order chi connectivity index (χ0) is 20.4. The summed E-state index contributed by atoms with van der Waals surface area (Å²) in [7, 11) is 0. The predicted molar refractivity (Wildman–Crippen MR) is 107 cm³/mol. The van der Waals surface area contributed by atoms with E-state index in [0.29, 0.717) is 11.6 Å². The summed E-state index contributed by atoms with van der Waals surface area (Å²) in [6, 6.07) is 6.16. The third kappa shape index (κ3) is 4.87. The second-order valence-corrected chi connectivity index (χ2v) is 8.71. The number of rotatable bonds is 4. The predicted octanol–water partition coefficient (Wildman–Crippen LogP) is 4.37. The van der Waals surface area contributed by atoms with Crippen molar-refractivity contribution in [3.8, 4) is 0 Å². The Morgan fingerprint density at radius 1 is 0.897 bits per heavy atom. The van der Waals surface area contributed by atoms with E-state index in [1.807, 2.05) is 4.90 Å². The molecule has 0 radical (unpaired) electrons. The second kappa shape index (κ2) is 8.54. The molecule has 1 aliphatic heterocycles. The fourth-order valence-corrected chi connectivity index (χ4v) is 4.79. The summed E-state index contributed by atoms with van der Waals surface area (Å²) in [4.78, 5) is 17.5. The fraction of sp³-hybridized carbons (Fsp3) is 0.682. The quantitative estimate of drug-likeness (QED) is 0.802. The molecule has 3 fully saturated rings. The van der Waals surface area contributed by atoms with Crippen LogP contribution in [0.2, 0.25) is 0 Å². The highest BCUT2D eigenvalue weighted by Gasteiger charge is 2.34. The highest BCUT2D eigenvalue weighted by Crippen LogP contribution is 2.32. The number of amides is 1. The molecule has 2 saturated carbocycles. The molecule has 4 nitrogen and oxygen atoms in total. The maximum atomic E-state index is 12.9. The maximum absolute atomic E-state index is 12.9. The SMILES string of the molecule is O=C([C@H]1CC[C@H](Nc2ccc(C(F)(F)F)cc2)CC1)N1CCN(C2CCC2)CC1. The minimum absolute atomic E-state index is 0.0934. The standard InChI is InChI=1S/C22H30F3N3O/c23-22(24,25)17-6-10-19(11-7-17)26-18-8-4-16(5-9-18)21(29)28-14-12-27(13-15-28)20-2-1-3-20/h6-7,10-11,16,18,20,26H,1-5,8-9,12-15H2/t16-,18-. The summed E-state index contributed by atoms with van der Waals surface area (Å²) in [5.74, 6) is 0.391. The Labute approximate surface area is 170 Å². The zero-order valence-electron chi connectivity index (χ0n) is 16.8.